The molecule has 0 unspecified atom stereocenters. The molecule has 1 amide bonds. The smallest absolute Gasteiger partial charge is 0.275 e. The van der Waals surface area contributed by atoms with E-state index in [1.54, 1.807) is 0 Å². The van der Waals surface area contributed by atoms with Gasteiger partial charge in [0.25, 0.3) is 5.91 Å². The molecule has 0 aromatic carbocycles. The van der Waals surface area contributed by atoms with Gasteiger partial charge in [-0.15, -0.1) is 0 Å². The lowest BCUT2D eigenvalue weighted by Crippen LogP contribution is -2.27. The molecule has 0 atom stereocenters. The normalized spacial score (nSPS) is 17.7. The number of hydrogen-bond acceptors (Lipinski definition) is 7. The second kappa shape index (κ2) is 7.95. The molecule has 0 aliphatic heterocycles. The Hall–Kier alpha value is -2.97. The van der Waals surface area contributed by atoms with Crippen LogP contribution in [0.25, 0.3) is 0 Å². The van der Waals surface area contributed by atoms with Crippen LogP contribution < -0.4 is 16.4 Å². The fourth-order valence-corrected chi connectivity index (χ4v) is 4.16. The van der Waals surface area contributed by atoms with Crippen LogP contribution in [0.1, 0.15) is 68.5 Å². The number of nitrogen functional groups attached to an aromatic ring is 1. The van der Waals surface area contributed by atoms with Crippen molar-refractivity contribution in [1.29, 1.82) is 5.41 Å². The molecule has 2 aliphatic rings. The van der Waals surface area contributed by atoms with Gasteiger partial charge >= 0.3 is 0 Å². The zero-order chi connectivity index (χ0) is 19.5. The van der Waals surface area contributed by atoms with Gasteiger partial charge in [-0.1, -0.05) is 25.7 Å². The van der Waals surface area contributed by atoms with E-state index in [4.69, 9.17) is 11.1 Å². The molecule has 4 rings (SSSR count). The Bertz CT molecular complexity index is 865. The Morgan fingerprint density at radius 3 is 2.61 bits per heavy atom. The standard InChI is InChI=1S/C19H26N8O/c20-16(15-17(21)22-10-23-18(15)24-12-7-3-4-8-12)19(28)25-14-9-13(26-27-14)11-5-1-2-6-11/h9-12,20H,1-8H2,(H3,21,22,23,24)(H2,25,26,27,28). The predicted octanol–water partition coefficient (Wildman–Crippen LogP) is 2.80. The van der Waals surface area contributed by atoms with Gasteiger partial charge in [0, 0.05) is 23.7 Å². The molecule has 0 bridgehead atoms. The number of amides is 1. The summed E-state index contributed by atoms with van der Waals surface area (Å²) in [6.45, 7) is 0. The molecule has 148 valence electrons. The Kier molecular flexibility index (Phi) is 5.23. The number of nitrogens with zero attached hydrogens (tertiary/aromatic N) is 3. The quantitative estimate of drug-likeness (QED) is 0.486. The average Bonchev–Trinajstić information content (AvgIpc) is 3.44. The first-order valence-corrected chi connectivity index (χ1v) is 9.94. The van der Waals surface area contributed by atoms with Crippen LogP contribution >= 0.6 is 0 Å². The van der Waals surface area contributed by atoms with E-state index in [1.807, 2.05) is 6.07 Å². The van der Waals surface area contributed by atoms with Gasteiger partial charge in [-0.25, -0.2) is 9.97 Å². The van der Waals surface area contributed by atoms with Gasteiger partial charge in [0.15, 0.2) is 5.82 Å². The van der Waals surface area contributed by atoms with Gasteiger partial charge in [-0.2, -0.15) is 5.10 Å². The number of aromatic nitrogens is 4. The maximum absolute atomic E-state index is 12.7. The lowest BCUT2D eigenvalue weighted by molar-refractivity contribution is -0.110. The van der Waals surface area contributed by atoms with Crippen molar-refractivity contribution >= 4 is 29.1 Å². The van der Waals surface area contributed by atoms with E-state index < -0.39 is 5.91 Å². The van der Waals surface area contributed by atoms with Gasteiger partial charge in [-0.05, 0) is 25.7 Å². The first-order valence-electron chi connectivity index (χ1n) is 9.94. The van der Waals surface area contributed by atoms with Gasteiger partial charge in [0.2, 0.25) is 0 Å². The highest BCUT2D eigenvalue weighted by atomic mass is 16.1. The molecule has 0 spiro atoms. The molecule has 0 saturated heterocycles. The highest BCUT2D eigenvalue weighted by Gasteiger charge is 2.25. The van der Waals surface area contributed by atoms with Crippen LogP contribution in [-0.2, 0) is 4.79 Å². The van der Waals surface area contributed by atoms with E-state index in [0.29, 0.717) is 17.6 Å². The Morgan fingerprint density at radius 1 is 1.14 bits per heavy atom. The number of nitrogens with two attached hydrogens (primary N) is 1. The molecule has 9 nitrogen and oxygen atoms in total. The number of hydrogen-bond donors (Lipinski definition) is 5. The van der Waals surface area contributed by atoms with Crippen molar-refractivity contribution in [1.82, 2.24) is 20.2 Å². The summed E-state index contributed by atoms with van der Waals surface area (Å²) < 4.78 is 0. The largest absolute Gasteiger partial charge is 0.383 e. The second-order valence-corrected chi connectivity index (χ2v) is 7.63. The number of aromatic amines is 1. The van der Waals surface area contributed by atoms with E-state index in [0.717, 1.165) is 44.2 Å². The highest BCUT2D eigenvalue weighted by Crippen LogP contribution is 2.33. The summed E-state index contributed by atoms with van der Waals surface area (Å²) in [5.41, 5.74) is 6.97. The van der Waals surface area contributed by atoms with Gasteiger partial charge in [0.05, 0.1) is 5.56 Å². The highest BCUT2D eigenvalue weighted by molar-refractivity contribution is 6.49. The van der Waals surface area contributed by atoms with Gasteiger partial charge in [0.1, 0.15) is 23.7 Å². The molecule has 2 aromatic rings. The minimum Gasteiger partial charge on any atom is -0.383 e. The van der Waals surface area contributed by atoms with E-state index in [1.165, 1.54) is 19.2 Å². The topological polar surface area (TPSA) is 145 Å². The zero-order valence-electron chi connectivity index (χ0n) is 15.8. The summed E-state index contributed by atoms with van der Waals surface area (Å²) in [7, 11) is 0. The number of carbonyl (C=O) groups excluding carboxylic acids is 1. The van der Waals surface area contributed by atoms with Crippen molar-refractivity contribution in [2.75, 3.05) is 16.4 Å². The molecule has 9 heteroatoms. The van der Waals surface area contributed by atoms with Gasteiger partial charge < -0.3 is 16.4 Å². The summed E-state index contributed by atoms with van der Waals surface area (Å²) in [5, 5.41) is 21.5. The lowest BCUT2D eigenvalue weighted by atomic mass is 10.0. The molecule has 2 fully saturated rings. The Labute approximate surface area is 163 Å². The maximum atomic E-state index is 12.7. The van der Waals surface area contributed by atoms with Crippen molar-refractivity contribution < 1.29 is 4.79 Å². The number of rotatable bonds is 6. The van der Waals surface area contributed by atoms with Crippen LogP contribution in [-0.4, -0.2) is 37.8 Å². The van der Waals surface area contributed by atoms with Crippen LogP contribution in [0.5, 0.6) is 0 Å². The SMILES string of the molecule is N=C(C(=O)Nc1cc(C2CCCC2)[nH]n1)c1c(N)ncnc1NC1CCCC1. The molecule has 2 saturated carbocycles. The Balaban J connectivity index is 1.48. The molecule has 0 radical (unpaired) electrons. The average molecular weight is 382 g/mol. The predicted molar refractivity (Wildman–Crippen MR) is 108 cm³/mol. The molecule has 2 heterocycles. The summed E-state index contributed by atoms with van der Waals surface area (Å²) in [4.78, 5) is 20.8. The fraction of sp³-hybridized carbons (Fsp3) is 0.526. The molecule has 6 N–H and O–H groups in total. The number of H-pyrrole nitrogens is 1. The van der Waals surface area contributed by atoms with Crippen molar-refractivity contribution in [2.45, 2.75) is 63.3 Å². The first kappa shape index (κ1) is 18.4. The molecular formula is C19H26N8O. The number of nitrogens with one attached hydrogen (secondary N) is 4. The lowest BCUT2D eigenvalue weighted by Gasteiger charge is -2.16. The van der Waals surface area contributed by atoms with Crippen LogP contribution in [0.3, 0.4) is 0 Å². The van der Waals surface area contributed by atoms with Crippen molar-refractivity contribution in [3.05, 3.63) is 23.7 Å². The van der Waals surface area contributed by atoms with Gasteiger partial charge in [-0.3, -0.25) is 15.3 Å². The summed E-state index contributed by atoms with van der Waals surface area (Å²) in [6, 6.07) is 2.13. The third-order valence-corrected chi connectivity index (χ3v) is 5.68. The molecule has 28 heavy (non-hydrogen) atoms. The maximum Gasteiger partial charge on any atom is 0.275 e. The summed E-state index contributed by atoms with van der Waals surface area (Å²) in [5.74, 6) is 0.855. The van der Waals surface area contributed by atoms with E-state index in [9.17, 15) is 4.79 Å². The second-order valence-electron chi connectivity index (χ2n) is 7.63. The van der Waals surface area contributed by atoms with Crippen LogP contribution in [0.15, 0.2) is 12.4 Å². The zero-order valence-corrected chi connectivity index (χ0v) is 15.8. The third kappa shape index (κ3) is 3.83. The van der Waals surface area contributed by atoms with Crippen molar-refractivity contribution in [2.24, 2.45) is 0 Å². The summed E-state index contributed by atoms with van der Waals surface area (Å²) in [6.07, 6.45) is 10.5. The first-order chi connectivity index (χ1) is 13.6. The third-order valence-electron chi connectivity index (χ3n) is 5.68. The van der Waals surface area contributed by atoms with Crippen LogP contribution in [0, 0.1) is 5.41 Å². The van der Waals surface area contributed by atoms with Crippen LogP contribution in [0.2, 0.25) is 0 Å². The van der Waals surface area contributed by atoms with Crippen molar-refractivity contribution in [3.8, 4) is 0 Å². The van der Waals surface area contributed by atoms with E-state index >= 15 is 0 Å². The number of anilines is 3. The minimum absolute atomic E-state index is 0.115. The van der Waals surface area contributed by atoms with Crippen molar-refractivity contribution in [3.63, 3.8) is 0 Å². The summed E-state index contributed by atoms with van der Waals surface area (Å²) >= 11 is 0. The van der Waals surface area contributed by atoms with Crippen LogP contribution in [0.4, 0.5) is 17.5 Å². The fourth-order valence-electron chi connectivity index (χ4n) is 4.16. The molecular weight excluding hydrogens is 356 g/mol. The monoisotopic (exact) mass is 382 g/mol. The number of carbonyl (C=O) groups is 1. The van der Waals surface area contributed by atoms with E-state index in [2.05, 4.69) is 30.8 Å². The van der Waals surface area contributed by atoms with E-state index in [-0.39, 0.29) is 23.1 Å². The Morgan fingerprint density at radius 2 is 1.86 bits per heavy atom. The minimum atomic E-state index is -0.583. The molecule has 2 aromatic heterocycles. The molecule has 2 aliphatic carbocycles.